The minimum atomic E-state index is -0.234. The summed E-state index contributed by atoms with van der Waals surface area (Å²) in [7, 11) is 0. The van der Waals surface area contributed by atoms with E-state index < -0.39 is 0 Å². The molecule has 5 rings (SSSR count). The highest BCUT2D eigenvalue weighted by Crippen LogP contribution is 2.32. The maximum atomic E-state index is 13.6. The zero-order chi connectivity index (χ0) is 22.1. The summed E-state index contributed by atoms with van der Waals surface area (Å²) >= 11 is 8.37. The van der Waals surface area contributed by atoms with Crippen LogP contribution in [0.1, 0.15) is 15.9 Å². The third-order valence-electron chi connectivity index (χ3n) is 4.90. The van der Waals surface area contributed by atoms with Crippen molar-refractivity contribution in [2.24, 2.45) is 5.10 Å². The largest absolute Gasteiger partial charge is 0.280 e. The van der Waals surface area contributed by atoms with Crippen LogP contribution in [0.5, 0.6) is 0 Å². The average molecular weight is 565 g/mol. The van der Waals surface area contributed by atoms with E-state index in [-0.39, 0.29) is 5.91 Å². The van der Waals surface area contributed by atoms with E-state index in [9.17, 15) is 4.79 Å². The monoisotopic (exact) mass is 563 g/mol. The molecule has 0 aliphatic carbocycles. The molecule has 32 heavy (non-hydrogen) atoms. The van der Waals surface area contributed by atoms with Crippen molar-refractivity contribution in [3.8, 4) is 0 Å². The number of benzene rings is 4. The number of amides is 1. The summed E-state index contributed by atoms with van der Waals surface area (Å²) in [6, 6.07) is 27.2. The molecule has 5 aromatic rings. The lowest BCUT2D eigenvalue weighted by Crippen LogP contribution is -2.25. The first kappa shape index (κ1) is 21.0. The standard InChI is InChI=1S/C25H15Br2N3OS/c26-20-9-5-16(6-10-20)15-28-30(25-29-22-12-11-21(27)14-23(22)32-25)24(31)19-8-7-17-3-1-2-4-18(17)13-19/h1-15H/b28-15+. The number of carbonyl (C=O) groups is 1. The number of hydrazone groups is 1. The van der Waals surface area contributed by atoms with Gasteiger partial charge in [-0.15, -0.1) is 0 Å². The van der Waals surface area contributed by atoms with E-state index in [1.54, 1.807) is 6.21 Å². The Hall–Kier alpha value is -2.87. The quantitative estimate of drug-likeness (QED) is 0.166. The molecule has 0 atom stereocenters. The van der Waals surface area contributed by atoms with E-state index in [2.05, 4.69) is 41.9 Å². The van der Waals surface area contributed by atoms with Crippen LogP contribution in [-0.4, -0.2) is 17.1 Å². The summed E-state index contributed by atoms with van der Waals surface area (Å²) in [4.78, 5) is 18.2. The smallest absolute Gasteiger partial charge is 0.267 e. The van der Waals surface area contributed by atoms with E-state index in [4.69, 9.17) is 0 Å². The molecule has 0 fully saturated rings. The molecule has 0 bridgehead atoms. The average Bonchev–Trinajstić information content (AvgIpc) is 3.22. The molecule has 4 nitrogen and oxygen atoms in total. The normalized spacial score (nSPS) is 11.4. The number of anilines is 1. The lowest BCUT2D eigenvalue weighted by Gasteiger charge is -2.14. The van der Waals surface area contributed by atoms with Crippen molar-refractivity contribution in [2.45, 2.75) is 0 Å². The Morgan fingerprint density at radius 2 is 1.62 bits per heavy atom. The van der Waals surface area contributed by atoms with E-state index in [0.717, 1.165) is 35.5 Å². The molecule has 0 N–H and O–H groups in total. The van der Waals surface area contributed by atoms with E-state index in [0.29, 0.717) is 10.7 Å². The number of halogens is 2. The summed E-state index contributed by atoms with van der Waals surface area (Å²) in [5.41, 5.74) is 2.26. The van der Waals surface area contributed by atoms with E-state index in [1.165, 1.54) is 16.3 Å². The van der Waals surface area contributed by atoms with Crippen molar-refractivity contribution >= 4 is 81.4 Å². The summed E-state index contributed by atoms with van der Waals surface area (Å²) in [5.74, 6) is -0.234. The molecule has 0 radical (unpaired) electrons. The molecule has 7 heteroatoms. The van der Waals surface area contributed by atoms with Gasteiger partial charge in [0.2, 0.25) is 5.13 Å². The molecule has 0 spiro atoms. The first-order chi connectivity index (χ1) is 15.6. The van der Waals surface area contributed by atoms with Crippen molar-refractivity contribution in [1.82, 2.24) is 4.98 Å². The molecule has 0 aliphatic heterocycles. The maximum Gasteiger partial charge on any atom is 0.280 e. The predicted octanol–water partition coefficient (Wildman–Crippen LogP) is 7.66. The lowest BCUT2D eigenvalue weighted by atomic mass is 10.1. The van der Waals surface area contributed by atoms with Gasteiger partial charge in [-0.1, -0.05) is 85.7 Å². The predicted molar refractivity (Wildman–Crippen MR) is 140 cm³/mol. The molecule has 156 valence electrons. The van der Waals surface area contributed by atoms with Gasteiger partial charge in [-0.2, -0.15) is 10.1 Å². The van der Waals surface area contributed by atoms with Gasteiger partial charge in [-0.25, -0.2) is 4.98 Å². The van der Waals surface area contributed by atoms with Gasteiger partial charge in [0, 0.05) is 14.5 Å². The van der Waals surface area contributed by atoms with Crippen LogP contribution in [0, 0.1) is 0 Å². The van der Waals surface area contributed by atoms with Gasteiger partial charge in [0.1, 0.15) is 0 Å². The van der Waals surface area contributed by atoms with Gasteiger partial charge in [0.15, 0.2) is 0 Å². The summed E-state index contributed by atoms with van der Waals surface area (Å²) in [6.07, 6.45) is 1.67. The summed E-state index contributed by atoms with van der Waals surface area (Å²) < 4.78 is 2.92. The lowest BCUT2D eigenvalue weighted by molar-refractivity contribution is 0.0988. The summed E-state index contributed by atoms with van der Waals surface area (Å²) in [5, 5.41) is 8.53. The fourth-order valence-corrected chi connectivity index (χ4v) is 5.02. The van der Waals surface area contributed by atoms with Crippen molar-refractivity contribution in [3.63, 3.8) is 0 Å². The van der Waals surface area contributed by atoms with Crippen molar-refractivity contribution in [1.29, 1.82) is 0 Å². The highest BCUT2D eigenvalue weighted by Gasteiger charge is 2.21. The number of carbonyl (C=O) groups excluding carboxylic acids is 1. The Morgan fingerprint density at radius 1 is 0.875 bits per heavy atom. The molecule has 1 amide bonds. The number of aromatic nitrogens is 1. The molecule has 0 unspecified atom stereocenters. The van der Waals surface area contributed by atoms with Crippen molar-refractivity contribution < 1.29 is 4.79 Å². The first-order valence-corrected chi connectivity index (χ1v) is 12.2. The number of hydrogen-bond acceptors (Lipinski definition) is 4. The van der Waals surface area contributed by atoms with Crippen LogP contribution < -0.4 is 5.01 Å². The first-order valence-electron chi connectivity index (χ1n) is 9.76. The second-order valence-corrected chi connectivity index (χ2v) is 9.92. The van der Waals surface area contributed by atoms with Gasteiger partial charge in [-0.05, 0) is 58.8 Å². The number of fused-ring (bicyclic) bond motifs is 2. The van der Waals surface area contributed by atoms with Crippen LogP contribution in [0.15, 0.2) is 99.0 Å². The van der Waals surface area contributed by atoms with Crippen LogP contribution >= 0.6 is 43.2 Å². The highest BCUT2D eigenvalue weighted by atomic mass is 79.9. The Bertz CT molecular complexity index is 1480. The van der Waals surface area contributed by atoms with Gasteiger partial charge < -0.3 is 0 Å². The van der Waals surface area contributed by atoms with E-state index >= 15 is 0 Å². The minimum Gasteiger partial charge on any atom is -0.267 e. The SMILES string of the molecule is O=C(c1ccc2ccccc2c1)N(/N=C/c1ccc(Br)cc1)c1nc2ccc(Br)cc2s1. The molecule has 4 aromatic carbocycles. The number of hydrogen-bond donors (Lipinski definition) is 0. The van der Waals surface area contributed by atoms with Crippen molar-refractivity contribution in [2.75, 3.05) is 5.01 Å². The van der Waals surface area contributed by atoms with Gasteiger partial charge in [0.25, 0.3) is 5.91 Å². The Labute approximate surface area is 205 Å². The molecular weight excluding hydrogens is 550 g/mol. The maximum absolute atomic E-state index is 13.6. The third-order valence-corrected chi connectivity index (χ3v) is 6.92. The molecular formula is C25H15Br2N3OS. The fourth-order valence-electron chi connectivity index (χ4n) is 3.28. The summed E-state index contributed by atoms with van der Waals surface area (Å²) in [6.45, 7) is 0. The molecule has 1 aromatic heterocycles. The Balaban J connectivity index is 1.58. The van der Waals surface area contributed by atoms with Crippen LogP contribution in [0.4, 0.5) is 5.13 Å². The topological polar surface area (TPSA) is 45.6 Å². The second-order valence-electron chi connectivity index (χ2n) is 7.08. The van der Waals surface area contributed by atoms with E-state index in [1.807, 2.05) is 84.9 Å². The number of rotatable bonds is 4. The van der Waals surface area contributed by atoms with Crippen LogP contribution in [0.2, 0.25) is 0 Å². The van der Waals surface area contributed by atoms with Gasteiger partial charge in [0.05, 0.1) is 16.4 Å². The Kier molecular flexibility index (Phi) is 5.87. The molecule has 0 saturated carbocycles. The molecule has 1 heterocycles. The number of nitrogens with zero attached hydrogens (tertiary/aromatic N) is 3. The minimum absolute atomic E-state index is 0.234. The number of thiazole rings is 1. The fraction of sp³-hybridized carbons (Fsp3) is 0. The Morgan fingerprint density at radius 3 is 2.44 bits per heavy atom. The van der Waals surface area contributed by atoms with Crippen molar-refractivity contribution in [3.05, 3.63) is 105 Å². The van der Waals surface area contributed by atoms with Crippen LogP contribution in [-0.2, 0) is 0 Å². The molecule has 0 aliphatic rings. The third kappa shape index (κ3) is 4.37. The zero-order valence-corrected chi connectivity index (χ0v) is 20.6. The zero-order valence-electron chi connectivity index (χ0n) is 16.6. The van der Waals surface area contributed by atoms with Crippen LogP contribution in [0.3, 0.4) is 0 Å². The second kappa shape index (κ2) is 8.94. The van der Waals surface area contributed by atoms with Gasteiger partial charge in [-0.3, -0.25) is 4.79 Å². The molecule has 0 saturated heterocycles. The van der Waals surface area contributed by atoms with Gasteiger partial charge >= 0.3 is 0 Å². The van der Waals surface area contributed by atoms with Crippen LogP contribution in [0.25, 0.3) is 21.0 Å². The highest BCUT2D eigenvalue weighted by molar-refractivity contribution is 9.10.